The molecule has 2 rings (SSSR count). The molecule has 1 fully saturated rings. The van der Waals surface area contributed by atoms with Crippen molar-refractivity contribution in [1.29, 1.82) is 0 Å². The van der Waals surface area contributed by atoms with Gasteiger partial charge in [0.2, 0.25) is 5.91 Å². The van der Waals surface area contributed by atoms with E-state index >= 15 is 0 Å². The summed E-state index contributed by atoms with van der Waals surface area (Å²) in [5.41, 5.74) is 7.37. The Hall–Kier alpha value is -1.43. The first-order chi connectivity index (χ1) is 10.1. The van der Waals surface area contributed by atoms with Crippen LogP contribution in [-0.4, -0.2) is 44.7 Å². The van der Waals surface area contributed by atoms with Crippen molar-refractivity contribution in [2.45, 2.75) is 19.4 Å². The number of rotatable bonds is 5. The Balaban J connectivity index is 2.15. The third-order valence-corrected chi connectivity index (χ3v) is 4.07. The zero-order chi connectivity index (χ0) is 15.3. The molecule has 1 saturated heterocycles. The molecular weight excluding hydrogens is 266 g/mol. The Kier molecular flexibility index (Phi) is 5.33. The van der Waals surface area contributed by atoms with Gasteiger partial charge in [0.05, 0.1) is 5.41 Å². The van der Waals surface area contributed by atoms with Gasteiger partial charge in [-0.3, -0.25) is 4.79 Å². The Morgan fingerprint density at radius 1 is 1.33 bits per heavy atom. The molecule has 0 aromatic heterocycles. The van der Waals surface area contributed by atoms with Crippen LogP contribution in [0, 0.1) is 5.41 Å². The van der Waals surface area contributed by atoms with Gasteiger partial charge in [0.15, 0.2) is 0 Å². The van der Waals surface area contributed by atoms with E-state index in [2.05, 4.69) is 10.2 Å². The first-order valence-electron chi connectivity index (χ1n) is 7.39. The summed E-state index contributed by atoms with van der Waals surface area (Å²) in [6.07, 6.45) is 1.37. The van der Waals surface area contributed by atoms with Gasteiger partial charge >= 0.3 is 0 Å². The number of nitrogens with two attached hydrogens (primary N) is 1. The number of ether oxygens (including phenoxy) is 1. The summed E-state index contributed by atoms with van der Waals surface area (Å²) in [5.74, 6) is 0.0134. The second kappa shape index (κ2) is 7.02. The first-order valence-corrected chi connectivity index (χ1v) is 7.39. The van der Waals surface area contributed by atoms with E-state index in [1.54, 1.807) is 0 Å². The normalized spacial score (nSPS) is 17.7. The van der Waals surface area contributed by atoms with Crippen LogP contribution in [-0.2, 0) is 16.1 Å². The number of para-hydroxylation sites is 1. The second-order valence-corrected chi connectivity index (χ2v) is 5.95. The number of carbonyl (C=O) groups excluding carboxylic acids is 1. The molecule has 1 amide bonds. The third kappa shape index (κ3) is 3.81. The summed E-state index contributed by atoms with van der Waals surface area (Å²) in [5, 5.41) is 3.08. The number of nitrogens with one attached hydrogen (secondary N) is 1. The maximum Gasteiger partial charge on any atom is 0.232 e. The predicted octanol–water partition coefficient (Wildman–Crippen LogP) is 1.44. The molecule has 1 heterocycles. The zero-order valence-corrected chi connectivity index (χ0v) is 12.9. The minimum Gasteiger partial charge on any atom is -0.381 e. The highest BCUT2D eigenvalue weighted by atomic mass is 16.5. The fourth-order valence-electron chi connectivity index (χ4n) is 2.66. The number of nitrogens with zero attached hydrogens (tertiary/aromatic N) is 1. The van der Waals surface area contributed by atoms with Crippen molar-refractivity contribution in [3.8, 4) is 0 Å². The van der Waals surface area contributed by atoms with Crippen molar-refractivity contribution in [3.05, 3.63) is 29.8 Å². The van der Waals surface area contributed by atoms with E-state index in [1.165, 1.54) is 0 Å². The van der Waals surface area contributed by atoms with Gasteiger partial charge in [-0.2, -0.15) is 0 Å². The standard InChI is InChI=1S/C16H25N3O2/c1-19(2)11-13-5-3-4-6-14(13)18-15(20)16(12-17)7-9-21-10-8-16/h3-6H,7-12,17H2,1-2H3,(H,18,20). The van der Waals surface area contributed by atoms with E-state index in [9.17, 15) is 4.79 Å². The number of hydrogen-bond donors (Lipinski definition) is 2. The summed E-state index contributed by atoms with van der Waals surface area (Å²) in [6, 6.07) is 7.91. The Morgan fingerprint density at radius 2 is 2.00 bits per heavy atom. The quantitative estimate of drug-likeness (QED) is 0.861. The molecule has 1 aromatic rings. The molecular formula is C16H25N3O2. The van der Waals surface area contributed by atoms with Crippen LogP contribution >= 0.6 is 0 Å². The van der Waals surface area contributed by atoms with Crippen LogP contribution in [0.3, 0.4) is 0 Å². The lowest BCUT2D eigenvalue weighted by Crippen LogP contribution is -2.46. The minimum atomic E-state index is -0.497. The number of benzene rings is 1. The molecule has 0 unspecified atom stereocenters. The molecule has 5 nitrogen and oxygen atoms in total. The van der Waals surface area contributed by atoms with E-state index in [4.69, 9.17) is 10.5 Å². The molecule has 116 valence electrons. The molecule has 0 saturated carbocycles. The average Bonchev–Trinajstić information content (AvgIpc) is 2.49. The number of carbonyl (C=O) groups is 1. The van der Waals surface area contributed by atoms with Crippen LogP contribution in [0.15, 0.2) is 24.3 Å². The van der Waals surface area contributed by atoms with Crippen molar-refractivity contribution >= 4 is 11.6 Å². The number of amides is 1. The summed E-state index contributed by atoms with van der Waals surface area (Å²) >= 11 is 0. The van der Waals surface area contributed by atoms with E-state index < -0.39 is 5.41 Å². The van der Waals surface area contributed by atoms with Crippen LogP contribution in [0.4, 0.5) is 5.69 Å². The fraction of sp³-hybridized carbons (Fsp3) is 0.562. The summed E-state index contributed by atoms with van der Waals surface area (Å²) in [7, 11) is 4.02. The van der Waals surface area contributed by atoms with Crippen molar-refractivity contribution in [1.82, 2.24) is 4.90 Å². The van der Waals surface area contributed by atoms with Crippen molar-refractivity contribution < 1.29 is 9.53 Å². The molecule has 0 aliphatic carbocycles. The van der Waals surface area contributed by atoms with Crippen LogP contribution in [0.1, 0.15) is 18.4 Å². The number of anilines is 1. The maximum atomic E-state index is 12.7. The lowest BCUT2D eigenvalue weighted by atomic mass is 9.79. The van der Waals surface area contributed by atoms with Gasteiger partial charge in [0.25, 0.3) is 0 Å². The van der Waals surface area contributed by atoms with Gasteiger partial charge in [0.1, 0.15) is 0 Å². The van der Waals surface area contributed by atoms with Crippen LogP contribution in [0.2, 0.25) is 0 Å². The SMILES string of the molecule is CN(C)Cc1ccccc1NC(=O)C1(CN)CCOCC1. The lowest BCUT2D eigenvalue weighted by molar-refractivity contribution is -0.130. The third-order valence-electron chi connectivity index (χ3n) is 4.07. The maximum absolute atomic E-state index is 12.7. The van der Waals surface area contributed by atoms with Crippen molar-refractivity contribution in [3.63, 3.8) is 0 Å². The van der Waals surface area contributed by atoms with Gasteiger partial charge in [0, 0.05) is 32.0 Å². The molecule has 3 N–H and O–H groups in total. The first kappa shape index (κ1) is 15.9. The molecule has 1 aromatic carbocycles. The van der Waals surface area contributed by atoms with Gasteiger partial charge in [-0.1, -0.05) is 18.2 Å². The van der Waals surface area contributed by atoms with Crippen molar-refractivity contribution in [2.24, 2.45) is 11.1 Å². The van der Waals surface area contributed by atoms with Crippen LogP contribution in [0.5, 0.6) is 0 Å². The van der Waals surface area contributed by atoms with Crippen LogP contribution < -0.4 is 11.1 Å². The highest BCUT2D eigenvalue weighted by Crippen LogP contribution is 2.31. The van der Waals surface area contributed by atoms with E-state index in [-0.39, 0.29) is 5.91 Å². The highest BCUT2D eigenvalue weighted by molar-refractivity contribution is 5.96. The topological polar surface area (TPSA) is 67.6 Å². The lowest BCUT2D eigenvalue weighted by Gasteiger charge is -2.34. The van der Waals surface area contributed by atoms with Crippen molar-refractivity contribution in [2.75, 3.05) is 39.2 Å². The Bertz CT molecular complexity index is 482. The molecule has 0 atom stereocenters. The number of hydrogen-bond acceptors (Lipinski definition) is 4. The Morgan fingerprint density at radius 3 is 2.62 bits per heavy atom. The van der Waals surface area contributed by atoms with Gasteiger partial charge < -0.3 is 20.7 Å². The second-order valence-electron chi connectivity index (χ2n) is 5.95. The van der Waals surface area contributed by atoms with E-state index in [0.717, 1.165) is 17.8 Å². The summed E-state index contributed by atoms with van der Waals surface area (Å²) in [6.45, 7) is 2.35. The molecule has 1 aliphatic rings. The molecule has 0 spiro atoms. The summed E-state index contributed by atoms with van der Waals surface area (Å²) in [4.78, 5) is 14.8. The van der Waals surface area contributed by atoms with E-state index in [1.807, 2.05) is 38.4 Å². The molecule has 5 heteroatoms. The van der Waals surface area contributed by atoms with Crippen LogP contribution in [0.25, 0.3) is 0 Å². The largest absolute Gasteiger partial charge is 0.381 e. The predicted molar refractivity (Wildman–Crippen MR) is 84.0 cm³/mol. The molecule has 21 heavy (non-hydrogen) atoms. The smallest absolute Gasteiger partial charge is 0.232 e. The fourth-order valence-corrected chi connectivity index (χ4v) is 2.66. The minimum absolute atomic E-state index is 0.0134. The molecule has 1 aliphatic heterocycles. The summed E-state index contributed by atoms with van der Waals surface area (Å²) < 4.78 is 5.36. The van der Waals surface area contributed by atoms with Gasteiger partial charge in [-0.05, 0) is 38.6 Å². The highest BCUT2D eigenvalue weighted by Gasteiger charge is 2.38. The average molecular weight is 291 g/mol. The molecule has 0 radical (unpaired) electrons. The van der Waals surface area contributed by atoms with E-state index in [0.29, 0.717) is 32.6 Å². The Labute approximate surface area is 126 Å². The zero-order valence-electron chi connectivity index (χ0n) is 12.9. The monoisotopic (exact) mass is 291 g/mol. The van der Waals surface area contributed by atoms with Gasteiger partial charge in [-0.15, -0.1) is 0 Å². The molecule has 0 bridgehead atoms. The van der Waals surface area contributed by atoms with Gasteiger partial charge in [-0.25, -0.2) is 0 Å².